The molecule has 174 valence electrons. The Bertz CT molecular complexity index is 1030. The van der Waals surface area contributed by atoms with Gasteiger partial charge in [-0.1, -0.05) is 29.3 Å². The molecule has 0 aromatic heterocycles. The van der Waals surface area contributed by atoms with Crippen molar-refractivity contribution in [2.45, 2.75) is 19.3 Å². The zero-order valence-corrected chi connectivity index (χ0v) is 20.0. The van der Waals surface area contributed by atoms with E-state index < -0.39 is 5.97 Å². The van der Waals surface area contributed by atoms with E-state index in [0.29, 0.717) is 11.0 Å². The molecule has 2 aromatic carbocycles. The van der Waals surface area contributed by atoms with Crippen molar-refractivity contribution >= 4 is 28.8 Å². The number of hydrogen-bond donors (Lipinski definition) is 1. The molecule has 0 bridgehead atoms. The summed E-state index contributed by atoms with van der Waals surface area (Å²) in [5.74, 6) is -0.876. The Balaban J connectivity index is 1.28. The van der Waals surface area contributed by atoms with E-state index in [-0.39, 0.29) is 0 Å². The molecule has 2 fully saturated rings. The van der Waals surface area contributed by atoms with Crippen LogP contribution in [0.5, 0.6) is 0 Å². The number of anilines is 1. The van der Waals surface area contributed by atoms with E-state index in [1.165, 1.54) is 37.1 Å². The maximum absolute atomic E-state index is 11.1. The number of allylic oxidation sites excluding steroid dienone is 1. The van der Waals surface area contributed by atoms with Gasteiger partial charge >= 0.3 is 5.97 Å². The summed E-state index contributed by atoms with van der Waals surface area (Å²) < 4.78 is 0. The Labute approximate surface area is 201 Å². The number of rotatable bonds is 5. The minimum Gasteiger partial charge on any atom is -0.478 e. The second kappa shape index (κ2) is 9.13. The van der Waals surface area contributed by atoms with Crippen LogP contribution in [0.1, 0.15) is 35.2 Å². The standard InChI is InChI=1S/C27H32ClN3O2/c1-29-18-27(19-29)11-10-25(20-2-6-23(28)7-3-20)22(16-27)17-30-12-14-31(15-13-30)24-8-4-21(5-9-24)26(32)33/h2-9H,10-19H2,1H3,(H,32,33). The van der Waals surface area contributed by atoms with E-state index in [1.54, 1.807) is 17.7 Å². The smallest absolute Gasteiger partial charge is 0.335 e. The number of nitrogens with zero attached hydrogens (tertiary/aromatic N) is 3. The molecule has 0 atom stereocenters. The summed E-state index contributed by atoms with van der Waals surface area (Å²) >= 11 is 6.16. The lowest BCUT2D eigenvalue weighted by atomic mass is 9.66. The summed E-state index contributed by atoms with van der Waals surface area (Å²) in [6.07, 6.45) is 3.63. The van der Waals surface area contributed by atoms with Crippen molar-refractivity contribution in [2.75, 3.05) is 57.8 Å². The largest absolute Gasteiger partial charge is 0.478 e. The molecule has 3 aliphatic rings. The van der Waals surface area contributed by atoms with Gasteiger partial charge in [0.2, 0.25) is 0 Å². The summed E-state index contributed by atoms with van der Waals surface area (Å²) in [5.41, 5.74) is 6.37. The zero-order chi connectivity index (χ0) is 23.0. The third-order valence-corrected chi connectivity index (χ3v) is 7.84. The molecule has 5 rings (SSSR count). The van der Waals surface area contributed by atoms with Gasteiger partial charge in [-0.3, -0.25) is 4.90 Å². The van der Waals surface area contributed by atoms with Crippen LogP contribution >= 0.6 is 11.6 Å². The summed E-state index contributed by atoms with van der Waals surface area (Å²) in [5, 5.41) is 9.93. The predicted octanol–water partition coefficient (Wildman–Crippen LogP) is 4.73. The van der Waals surface area contributed by atoms with Gasteiger partial charge in [0.15, 0.2) is 0 Å². The molecule has 1 N–H and O–H groups in total. The number of benzene rings is 2. The van der Waals surface area contributed by atoms with Crippen LogP contribution in [-0.4, -0.2) is 73.7 Å². The first-order valence-electron chi connectivity index (χ1n) is 11.9. The van der Waals surface area contributed by atoms with Crippen LogP contribution in [0.25, 0.3) is 5.57 Å². The molecule has 2 aromatic rings. The van der Waals surface area contributed by atoms with Crippen molar-refractivity contribution < 1.29 is 9.90 Å². The minimum absolute atomic E-state index is 0.340. The van der Waals surface area contributed by atoms with Crippen molar-refractivity contribution in [3.63, 3.8) is 0 Å². The minimum atomic E-state index is -0.876. The predicted molar refractivity (Wildman–Crippen MR) is 134 cm³/mol. The van der Waals surface area contributed by atoms with E-state index in [2.05, 4.69) is 33.9 Å². The van der Waals surface area contributed by atoms with Gasteiger partial charge in [0.25, 0.3) is 0 Å². The molecule has 2 saturated heterocycles. The van der Waals surface area contributed by atoms with Crippen LogP contribution in [0.4, 0.5) is 5.69 Å². The summed E-state index contributed by atoms with van der Waals surface area (Å²) in [6.45, 7) is 7.42. The number of carboxylic acids is 1. The Morgan fingerprint density at radius 2 is 1.67 bits per heavy atom. The van der Waals surface area contributed by atoms with Crippen LogP contribution in [0.3, 0.4) is 0 Å². The Morgan fingerprint density at radius 3 is 2.27 bits per heavy atom. The fourth-order valence-corrected chi connectivity index (χ4v) is 6.11. The van der Waals surface area contributed by atoms with E-state index >= 15 is 0 Å². The second-order valence-corrected chi connectivity index (χ2v) is 10.5. The average Bonchev–Trinajstić information content (AvgIpc) is 2.80. The summed E-state index contributed by atoms with van der Waals surface area (Å²) in [7, 11) is 2.23. The highest BCUT2D eigenvalue weighted by Gasteiger charge is 2.44. The molecule has 0 amide bonds. The maximum Gasteiger partial charge on any atom is 0.335 e. The van der Waals surface area contributed by atoms with E-state index in [1.807, 2.05) is 24.3 Å². The Hall–Kier alpha value is -2.34. The quantitative estimate of drug-likeness (QED) is 0.691. The number of aromatic carboxylic acids is 1. The highest BCUT2D eigenvalue weighted by atomic mass is 35.5. The first-order chi connectivity index (χ1) is 15.9. The van der Waals surface area contributed by atoms with Gasteiger partial charge in [0, 0.05) is 56.5 Å². The monoisotopic (exact) mass is 465 g/mol. The lowest BCUT2D eigenvalue weighted by Crippen LogP contribution is -2.55. The van der Waals surface area contributed by atoms with Crippen molar-refractivity contribution in [2.24, 2.45) is 5.41 Å². The topological polar surface area (TPSA) is 47.0 Å². The SMILES string of the molecule is CN1CC2(CCC(c3ccc(Cl)cc3)=C(CN3CCN(c4ccc(C(=O)O)cc4)CC3)C2)C1. The molecule has 0 unspecified atom stereocenters. The fourth-order valence-electron chi connectivity index (χ4n) is 5.98. The van der Waals surface area contributed by atoms with Crippen LogP contribution < -0.4 is 4.90 Å². The van der Waals surface area contributed by atoms with Gasteiger partial charge in [0.05, 0.1) is 5.56 Å². The van der Waals surface area contributed by atoms with Crippen molar-refractivity contribution in [1.82, 2.24) is 9.80 Å². The summed E-state index contributed by atoms with van der Waals surface area (Å²) in [6, 6.07) is 15.6. The molecule has 2 heterocycles. The third-order valence-electron chi connectivity index (χ3n) is 7.59. The normalized spacial score (nSPS) is 21.3. The fraction of sp³-hybridized carbons (Fsp3) is 0.444. The van der Waals surface area contributed by atoms with E-state index in [4.69, 9.17) is 16.7 Å². The van der Waals surface area contributed by atoms with Crippen LogP contribution in [0.2, 0.25) is 5.02 Å². The first-order valence-corrected chi connectivity index (χ1v) is 12.2. The van der Waals surface area contributed by atoms with E-state index in [9.17, 15) is 4.79 Å². The molecule has 5 nitrogen and oxygen atoms in total. The van der Waals surface area contributed by atoms with Gasteiger partial charge in [-0.05, 0) is 79.3 Å². The van der Waals surface area contributed by atoms with Gasteiger partial charge < -0.3 is 14.9 Å². The lowest BCUT2D eigenvalue weighted by Gasteiger charge is -2.52. The number of hydrogen-bond acceptors (Lipinski definition) is 4. The first kappa shape index (κ1) is 22.5. The van der Waals surface area contributed by atoms with Gasteiger partial charge in [-0.15, -0.1) is 0 Å². The Morgan fingerprint density at radius 1 is 1.00 bits per heavy atom. The van der Waals surface area contributed by atoms with Crippen LogP contribution in [0, 0.1) is 5.41 Å². The summed E-state index contributed by atoms with van der Waals surface area (Å²) in [4.78, 5) is 18.5. The van der Waals surface area contributed by atoms with Crippen molar-refractivity contribution in [3.8, 4) is 0 Å². The number of piperazine rings is 1. The molecule has 1 aliphatic carbocycles. The van der Waals surface area contributed by atoms with Crippen LogP contribution in [0.15, 0.2) is 54.1 Å². The van der Waals surface area contributed by atoms with Crippen LogP contribution in [-0.2, 0) is 0 Å². The molecular weight excluding hydrogens is 434 g/mol. The third kappa shape index (κ3) is 4.81. The molecule has 0 saturated carbocycles. The van der Waals surface area contributed by atoms with Gasteiger partial charge in [-0.25, -0.2) is 4.79 Å². The highest BCUT2D eigenvalue weighted by molar-refractivity contribution is 6.30. The van der Waals surface area contributed by atoms with Crippen molar-refractivity contribution in [1.29, 1.82) is 0 Å². The molecular formula is C27H32ClN3O2. The number of carbonyl (C=O) groups is 1. The molecule has 6 heteroatoms. The molecule has 33 heavy (non-hydrogen) atoms. The lowest BCUT2D eigenvalue weighted by molar-refractivity contribution is 0.0112. The van der Waals surface area contributed by atoms with Gasteiger partial charge in [0.1, 0.15) is 0 Å². The molecule has 1 spiro atoms. The van der Waals surface area contributed by atoms with E-state index in [0.717, 1.165) is 49.9 Å². The highest BCUT2D eigenvalue weighted by Crippen LogP contribution is 2.48. The number of halogens is 1. The Kier molecular flexibility index (Phi) is 6.21. The van der Waals surface area contributed by atoms with Crippen molar-refractivity contribution in [3.05, 3.63) is 70.3 Å². The van der Waals surface area contributed by atoms with Gasteiger partial charge in [-0.2, -0.15) is 0 Å². The average molecular weight is 466 g/mol. The molecule has 2 aliphatic heterocycles. The zero-order valence-electron chi connectivity index (χ0n) is 19.3. The second-order valence-electron chi connectivity index (χ2n) is 10.1. The number of carboxylic acid groups (broad SMARTS) is 1. The molecule has 0 radical (unpaired) electrons. The maximum atomic E-state index is 11.1. The number of likely N-dealkylation sites (tertiary alicyclic amines) is 1.